The maximum absolute atomic E-state index is 6.05. The molecule has 0 saturated heterocycles. The number of imidazole rings is 1. The van der Waals surface area contributed by atoms with Crippen LogP contribution in [-0.4, -0.2) is 45.9 Å². The number of aromatic nitrogens is 4. The summed E-state index contributed by atoms with van der Waals surface area (Å²) in [5.41, 5.74) is 14.2. The molecule has 0 saturated carbocycles. The predicted octanol–water partition coefficient (Wildman–Crippen LogP) is 1.96. The van der Waals surface area contributed by atoms with Crippen molar-refractivity contribution in [2.24, 2.45) is 5.73 Å². The second kappa shape index (κ2) is 7.79. The highest BCUT2D eigenvalue weighted by Crippen LogP contribution is 2.30. The molecule has 0 spiro atoms. The summed E-state index contributed by atoms with van der Waals surface area (Å²) in [6, 6.07) is 12.0. The molecule has 28 heavy (non-hydrogen) atoms. The number of hydrogen-bond donors (Lipinski definition) is 2. The van der Waals surface area contributed by atoms with Gasteiger partial charge in [0.15, 0.2) is 11.5 Å². The van der Waals surface area contributed by atoms with Gasteiger partial charge in [-0.1, -0.05) is 30.3 Å². The molecule has 0 amide bonds. The number of benzene rings is 2. The molecule has 8 heteroatoms. The first-order chi connectivity index (χ1) is 13.7. The minimum atomic E-state index is -0.203. The van der Waals surface area contributed by atoms with Crippen molar-refractivity contribution in [2.45, 2.75) is 12.6 Å². The number of hydrogen-bond acceptors (Lipinski definition) is 7. The summed E-state index contributed by atoms with van der Waals surface area (Å²) in [7, 11) is 1.62. The molecular formula is C20H22N6O2. The van der Waals surface area contributed by atoms with Gasteiger partial charge in [-0.3, -0.25) is 0 Å². The third-order valence-electron chi connectivity index (χ3n) is 4.59. The van der Waals surface area contributed by atoms with E-state index in [0.29, 0.717) is 36.7 Å². The van der Waals surface area contributed by atoms with Crippen LogP contribution in [0.2, 0.25) is 0 Å². The zero-order valence-corrected chi connectivity index (χ0v) is 15.6. The average molecular weight is 378 g/mol. The highest BCUT2D eigenvalue weighted by atomic mass is 16.5. The van der Waals surface area contributed by atoms with Crippen molar-refractivity contribution < 1.29 is 9.47 Å². The van der Waals surface area contributed by atoms with E-state index in [4.69, 9.17) is 20.9 Å². The van der Waals surface area contributed by atoms with E-state index < -0.39 is 0 Å². The number of rotatable bonds is 7. The number of fused-ring (bicyclic) bond motifs is 2. The van der Waals surface area contributed by atoms with Crippen molar-refractivity contribution in [1.29, 1.82) is 0 Å². The SMILES string of the molecule is COC[C@H](N)COc1ccc2ccccc2c1Cn1cnc2c(N)ncnc21. The van der Waals surface area contributed by atoms with Crippen molar-refractivity contribution in [2.75, 3.05) is 26.1 Å². The number of nitrogens with zero attached hydrogens (tertiary/aromatic N) is 4. The van der Waals surface area contributed by atoms with Crippen LogP contribution in [0.15, 0.2) is 49.1 Å². The van der Waals surface area contributed by atoms with Crippen molar-refractivity contribution >= 4 is 27.8 Å². The fraction of sp³-hybridized carbons (Fsp3) is 0.250. The average Bonchev–Trinajstić information content (AvgIpc) is 3.12. The van der Waals surface area contributed by atoms with Gasteiger partial charge in [-0.15, -0.1) is 0 Å². The van der Waals surface area contributed by atoms with Crippen molar-refractivity contribution in [3.05, 3.63) is 54.6 Å². The van der Waals surface area contributed by atoms with E-state index in [1.807, 2.05) is 28.8 Å². The first kappa shape index (κ1) is 18.1. The second-order valence-electron chi connectivity index (χ2n) is 6.59. The Labute approximate surface area is 162 Å². The summed E-state index contributed by atoms with van der Waals surface area (Å²) < 4.78 is 13.1. The van der Waals surface area contributed by atoms with E-state index in [1.54, 1.807) is 13.4 Å². The molecule has 0 radical (unpaired) electrons. The van der Waals surface area contributed by atoms with E-state index in [1.165, 1.54) is 6.33 Å². The molecule has 0 aliphatic carbocycles. The molecule has 0 aliphatic rings. The quantitative estimate of drug-likeness (QED) is 0.505. The van der Waals surface area contributed by atoms with Crippen LogP contribution in [0.5, 0.6) is 5.75 Å². The first-order valence-electron chi connectivity index (χ1n) is 8.96. The van der Waals surface area contributed by atoms with Gasteiger partial charge in [-0.2, -0.15) is 0 Å². The highest BCUT2D eigenvalue weighted by molar-refractivity contribution is 5.88. The van der Waals surface area contributed by atoms with Gasteiger partial charge >= 0.3 is 0 Å². The Morgan fingerprint density at radius 2 is 1.93 bits per heavy atom. The van der Waals surface area contributed by atoms with E-state index in [2.05, 4.69) is 27.1 Å². The lowest BCUT2D eigenvalue weighted by atomic mass is 10.0. The Kier molecular flexibility index (Phi) is 5.05. The number of nitrogens with two attached hydrogens (primary N) is 2. The van der Waals surface area contributed by atoms with E-state index >= 15 is 0 Å². The number of ether oxygens (including phenoxy) is 2. The van der Waals surface area contributed by atoms with E-state index in [0.717, 1.165) is 22.1 Å². The predicted molar refractivity (Wildman–Crippen MR) is 108 cm³/mol. The van der Waals surface area contributed by atoms with Crippen LogP contribution in [0.1, 0.15) is 5.56 Å². The molecule has 0 aliphatic heterocycles. The third-order valence-corrected chi connectivity index (χ3v) is 4.59. The van der Waals surface area contributed by atoms with Gasteiger partial charge in [0, 0.05) is 12.7 Å². The fourth-order valence-electron chi connectivity index (χ4n) is 3.26. The molecule has 2 aromatic heterocycles. The molecule has 4 N–H and O–H groups in total. The van der Waals surface area contributed by atoms with Gasteiger partial charge in [0.1, 0.15) is 24.2 Å². The lowest BCUT2D eigenvalue weighted by molar-refractivity contribution is 0.152. The van der Waals surface area contributed by atoms with Crippen LogP contribution < -0.4 is 16.2 Å². The minimum absolute atomic E-state index is 0.203. The lowest BCUT2D eigenvalue weighted by Gasteiger charge is -2.17. The van der Waals surface area contributed by atoms with Crippen LogP contribution in [0.25, 0.3) is 21.9 Å². The first-order valence-corrected chi connectivity index (χ1v) is 8.96. The second-order valence-corrected chi connectivity index (χ2v) is 6.59. The Morgan fingerprint density at radius 1 is 1.07 bits per heavy atom. The third kappa shape index (κ3) is 3.47. The van der Waals surface area contributed by atoms with Crippen LogP contribution in [0, 0.1) is 0 Å². The maximum Gasteiger partial charge on any atom is 0.165 e. The molecule has 1 atom stereocenters. The fourth-order valence-corrected chi connectivity index (χ4v) is 3.26. The maximum atomic E-state index is 6.05. The molecule has 0 fully saturated rings. The molecule has 8 nitrogen and oxygen atoms in total. The Bertz CT molecular complexity index is 1110. The van der Waals surface area contributed by atoms with E-state index in [9.17, 15) is 0 Å². The van der Waals surface area contributed by atoms with Gasteiger partial charge in [0.05, 0.1) is 25.5 Å². The van der Waals surface area contributed by atoms with Gasteiger partial charge in [-0.05, 0) is 16.8 Å². The summed E-state index contributed by atoms with van der Waals surface area (Å²) in [4.78, 5) is 12.7. The van der Waals surface area contributed by atoms with Crippen molar-refractivity contribution in [1.82, 2.24) is 19.5 Å². The van der Waals surface area contributed by atoms with Gasteiger partial charge < -0.3 is 25.5 Å². The van der Waals surface area contributed by atoms with Crippen LogP contribution in [0.4, 0.5) is 5.82 Å². The van der Waals surface area contributed by atoms with E-state index in [-0.39, 0.29) is 6.04 Å². The molecular weight excluding hydrogens is 356 g/mol. The summed E-state index contributed by atoms with van der Waals surface area (Å²) in [5, 5.41) is 2.23. The Balaban J connectivity index is 1.74. The summed E-state index contributed by atoms with van der Waals surface area (Å²) in [6.07, 6.45) is 3.16. The molecule has 0 unspecified atom stereocenters. The molecule has 0 bridgehead atoms. The minimum Gasteiger partial charge on any atom is -0.492 e. The molecule has 2 heterocycles. The molecule has 144 valence electrons. The highest BCUT2D eigenvalue weighted by Gasteiger charge is 2.14. The largest absolute Gasteiger partial charge is 0.492 e. The summed E-state index contributed by atoms with van der Waals surface area (Å²) in [6.45, 7) is 1.33. The monoisotopic (exact) mass is 378 g/mol. The normalized spacial score (nSPS) is 12.5. The van der Waals surface area contributed by atoms with Gasteiger partial charge in [0.2, 0.25) is 0 Å². The van der Waals surface area contributed by atoms with Crippen LogP contribution >= 0.6 is 0 Å². The number of methoxy groups -OCH3 is 1. The standard InChI is InChI=1S/C20H22N6O2/c1-27-9-14(21)10-28-17-7-6-13-4-2-3-5-15(13)16(17)8-26-12-25-18-19(22)23-11-24-20(18)26/h2-7,11-12,14H,8-10,21H2,1H3,(H2,22,23,24)/t14-/m0/s1. The van der Waals surface area contributed by atoms with Crippen LogP contribution in [0.3, 0.4) is 0 Å². The van der Waals surface area contributed by atoms with Gasteiger partial charge in [-0.25, -0.2) is 15.0 Å². The Morgan fingerprint density at radius 3 is 2.79 bits per heavy atom. The molecule has 4 aromatic rings. The van der Waals surface area contributed by atoms with Gasteiger partial charge in [0.25, 0.3) is 0 Å². The number of anilines is 1. The molecule has 4 rings (SSSR count). The molecule has 2 aromatic carbocycles. The smallest absolute Gasteiger partial charge is 0.165 e. The summed E-state index contributed by atoms with van der Waals surface area (Å²) >= 11 is 0. The number of nitrogen functional groups attached to an aromatic ring is 1. The zero-order valence-electron chi connectivity index (χ0n) is 15.6. The topological polar surface area (TPSA) is 114 Å². The zero-order chi connectivity index (χ0) is 19.5. The van der Waals surface area contributed by atoms with Crippen molar-refractivity contribution in [3.63, 3.8) is 0 Å². The summed E-state index contributed by atoms with van der Waals surface area (Å²) in [5.74, 6) is 1.14. The van der Waals surface area contributed by atoms with Crippen molar-refractivity contribution in [3.8, 4) is 5.75 Å². The Hall–Kier alpha value is -3.23. The lowest BCUT2D eigenvalue weighted by Crippen LogP contribution is -2.32. The van der Waals surface area contributed by atoms with Crippen LogP contribution in [-0.2, 0) is 11.3 Å².